The maximum atomic E-state index is 12.3. The van der Waals surface area contributed by atoms with Crippen LogP contribution in [0.25, 0.3) is 0 Å². The van der Waals surface area contributed by atoms with Crippen LogP contribution in [-0.2, 0) is 4.79 Å². The number of hydrogen-bond donors (Lipinski definition) is 1. The van der Waals surface area contributed by atoms with Gasteiger partial charge in [-0.05, 0) is 73.7 Å². The Balaban J connectivity index is 1.35. The van der Waals surface area contributed by atoms with Gasteiger partial charge < -0.3 is 15.1 Å². The molecule has 2 aliphatic heterocycles. The third-order valence-electron chi connectivity index (χ3n) is 5.07. The Morgan fingerprint density at radius 2 is 1.96 bits per heavy atom. The highest BCUT2D eigenvalue weighted by Crippen LogP contribution is 2.24. The number of hydrogen-bond acceptors (Lipinski definition) is 4. The molecule has 2 fully saturated rings. The fourth-order valence-electron chi connectivity index (χ4n) is 3.64. The van der Waals surface area contributed by atoms with E-state index >= 15 is 0 Å². The van der Waals surface area contributed by atoms with Gasteiger partial charge in [0.15, 0.2) is 0 Å². The number of likely N-dealkylation sites (tertiary alicyclic amines) is 1. The average Bonchev–Trinajstić information content (AvgIpc) is 3.12. The van der Waals surface area contributed by atoms with Crippen molar-refractivity contribution in [3.05, 3.63) is 22.9 Å². The number of piperidine rings is 1. The zero-order chi connectivity index (χ0) is 16.8. The summed E-state index contributed by atoms with van der Waals surface area (Å²) in [5.74, 6) is 0.400. The van der Waals surface area contributed by atoms with E-state index in [0.29, 0.717) is 0 Å². The second-order valence-corrected chi connectivity index (χ2v) is 7.73. The second kappa shape index (κ2) is 8.81. The van der Waals surface area contributed by atoms with Crippen molar-refractivity contribution in [2.45, 2.75) is 32.1 Å². The molecular weight excluding hydrogens is 368 g/mol. The Labute approximate surface area is 152 Å². The van der Waals surface area contributed by atoms with Gasteiger partial charge in [-0.15, -0.1) is 0 Å². The minimum Gasteiger partial charge on any atom is -0.370 e. The van der Waals surface area contributed by atoms with E-state index in [1.165, 1.54) is 25.9 Å². The number of rotatable bonds is 6. The molecule has 0 spiro atoms. The summed E-state index contributed by atoms with van der Waals surface area (Å²) in [6.07, 6.45) is 9.26. The van der Waals surface area contributed by atoms with Gasteiger partial charge in [-0.2, -0.15) is 0 Å². The molecule has 0 atom stereocenters. The Hall–Kier alpha value is -1.14. The van der Waals surface area contributed by atoms with Gasteiger partial charge in [-0.1, -0.05) is 0 Å². The highest BCUT2D eigenvalue weighted by molar-refractivity contribution is 9.10. The maximum absolute atomic E-state index is 12.3. The van der Waals surface area contributed by atoms with Crippen LogP contribution in [-0.4, -0.2) is 55.1 Å². The van der Waals surface area contributed by atoms with Gasteiger partial charge >= 0.3 is 0 Å². The third kappa shape index (κ3) is 4.93. The smallest absolute Gasteiger partial charge is 0.223 e. The summed E-state index contributed by atoms with van der Waals surface area (Å²) in [6.45, 7) is 6.24. The summed E-state index contributed by atoms with van der Waals surface area (Å²) < 4.78 is 0.998. The number of carbonyl (C=O) groups is 1. The standard InChI is InChI=1S/C18H27BrN4O/c19-16-12-17(14-20-13-16)23-10-4-15(5-11-23)18(24)21-6-3-9-22-7-1-2-8-22/h12-15H,1-11H2,(H,21,24). The first-order valence-electron chi connectivity index (χ1n) is 9.08. The van der Waals surface area contributed by atoms with E-state index < -0.39 is 0 Å². The van der Waals surface area contributed by atoms with Crippen LogP contribution in [0, 0.1) is 5.92 Å². The number of aromatic nitrogens is 1. The first-order chi connectivity index (χ1) is 11.7. The van der Waals surface area contributed by atoms with Gasteiger partial charge in [-0.3, -0.25) is 9.78 Å². The second-order valence-electron chi connectivity index (χ2n) is 6.82. The number of carbonyl (C=O) groups excluding carboxylic acids is 1. The van der Waals surface area contributed by atoms with Crippen molar-refractivity contribution in [3.63, 3.8) is 0 Å². The maximum Gasteiger partial charge on any atom is 0.223 e. The van der Waals surface area contributed by atoms with Crippen LogP contribution in [0.4, 0.5) is 5.69 Å². The molecule has 0 radical (unpaired) electrons. The zero-order valence-electron chi connectivity index (χ0n) is 14.2. The predicted molar refractivity (Wildman–Crippen MR) is 100 cm³/mol. The van der Waals surface area contributed by atoms with Gasteiger partial charge in [0.2, 0.25) is 5.91 Å². The number of amides is 1. The average molecular weight is 395 g/mol. The molecule has 0 aliphatic carbocycles. The number of halogens is 1. The number of nitrogens with zero attached hydrogens (tertiary/aromatic N) is 3. The first-order valence-corrected chi connectivity index (χ1v) is 9.87. The van der Waals surface area contributed by atoms with Crippen molar-refractivity contribution in [3.8, 4) is 0 Å². The normalized spacial score (nSPS) is 19.6. The van der Waals surface area contributed by atoms with Crippen molar-refractivity contribution in [2.24, 2.45) is 5.92 Å². The van der Waals surface area contributed by atoms with Crippen LogP contribution in [0.3, 0.4) is 0 Å². The van der Waals surface area contributed by atoms with E-state index in [2.05, 4.69) is 42.1 Å². The fraction of sp³-hybridized carbons (Fsp3) is 0.667. The molecule has 132 valence electrons. The summed E-state index contributed by atoms with van der Waals surface area (Å²) >= 11 is 3.47. The lowest BCUT2D eigenvalue weighted by atomic mass is 9.95. The summed E-state index contributed by atoms with van der Waals surface area (Å²) in [5, 5.41) is 3.14. The molecule has 2 aliphatic rings. The zero-order valence-corrected chi connectivity index (χ0v) is 15.8. The molecule has 0 aromatic carbocycles. The molecule has 3 rings (SSSR count). The molecule has 1 aromatic heterocycles. The van der Waals surface area contributed by atoms with E-state index in [1.807, 2.05) is 6.20 Å². The van der Waals surface area contributed by atoms with E-state index in [9.17, 15) is 4.79 Å². The van der Waals surface area contributed by atoms with Crippen molar-refractivity contribution in [2.75, 3.05) is 44.2 Å². The fourth-order valence-corrected chi connectivity index (χ4v) is 3.99. The largest absolute Gasteiger partial charge is 0.370 e. The molecule has 1 amide bonds. The molecule has 3 heterocycles. The topological polar surface area (TPSA) is 48.5 Å². The van der Waals surface area contributed by atoms with Gasteiger partial charge in [0.1, 0.15) is 0 Å². The van der Waals surface area contributed by atoms with Crippen LogP contribution in [0.1, 0.15) is 32.1 Å². The SMILES string of the molecule is O=C(NCCCN1CCCC1)C1CCN(c2cncc(Br)c2)CC1. The van der Waals surface area contributed by atoms with Gasteiger partial charge in [0, 0.05) is 36.2 Å². The molecule has 2 saturated heterocycles. The van der Waals surface area contributed by atoms with Crippen LogP contribution >= 0.6 is 15.9 Å². The van der Waals surface area contributed by atoms with E-state index in [4.69, 9.17) is 0 Å². The van der Waals surface area contributed by atoms with Gasteiger partial charge in [0.25, 0.3) is 0 Å². The van der Waals surface area contributed by atoms with Crippen molar-refractivity contribution in [1.29, 1.82) is 0 Å². The molecule has 5 nitrogen and oxygen atoms in total. The van der Waals surface area contributed by atoms with E-state index in [-0.39, 0.29) is 11.8 Å². The molecular formula is C18H27BrN4O. The number of nitrogens with one attached hydrogen (secondary N) is 1. The lowest BCUT2D eigenvalue weighted by Crippen LogP contribution is -2.41. The third-order valence-corrected chi connectivity index (χ3v) is 5.50. The van der Waals surface area contributed by atoms with Crippen molar-refractivity contribution < 1.29 is 4.79 Å². The first kappa shape index (κ1) is 17.7. The predicted octanol–water partition coefficient (Wildman–Crippen LogP) is 2.66. The molecule has 1 N–H and O–H groups in total. The summed E-state index contributed by atoms with van der Waals surface area (Å²) in [4.78, 5) is 21.4. The number of anilines is 1. The summed E-state index contributed by atoms with van der Waals surface area (Å²) in [6, 6.07) is 2.09. The molecule has 0 unspecified atom stereocenters. The lowest BCUT2D eigenvalue weighted by molar-refractivity contribution is -0.125. The van der Waals surface area contributed by atoms with Gasteiger partial charge in [0.05, 0.1) is 11.9 Å². The Kier molecular flexibility index (Phi) is 6.49. The molecule has 6 heteroatoms. The minimum absolute atomic E-state index is 0.160. The Morgan fingerprint density at radius 1 is 1.21 bits per heavy atom. The molecule has 0 bridgehead atoms. The minimum atomic E-state index is 0.160. The van der Waals surface area contributed by atoms with Gasteiger partial charge in [-0.25, -0.2) is 0 Å². The highest BCUT2D eigenvalue weighted by Gasteiger charge is 2.25. The van der Waals surface area contributed by atoms with Crippen LogP contribution in [0.2, 0.25) is 0 Å². The van der Waals surface area contributed by atoms with Crippen LogP contribution < -0.4 is 10.2 Å². The van der Waals surface area contributed by atoms with Crippen LogP contribution in [0.5, 0.6) is 0 Å². The Bertz CT molecular complexity index is 540. The summed E-state index contributed by atoms with van der Waals surface area (Å²) in [7, 11) is 0. The monoisotopic (exact) mass is 394 g/mol. The number of pyridine rings is 1. The van der Waals surface area contributed by atoms with E-state index in [0.717, 1.165) is 55.6 Å². The van der Waals surface area contributed by atoms with Crippen molar-refractivity contribution in [1.82, 2.24) is 15.2 Å². The summed E-state index contributed by atoms with van der Waals surface area (Å²) in [5.41, 5.74) is 1.13. The van der Waals surface area contributed by atoms with E-state index in [1.54, 1.807) is 6.20 Å². The molecule has 1 aromatic rings. The van der Waals surface area contributed by atoms with Crippen molar-refractivity contribution >= 4 is 27.5 Å². The Morgan fingerprint density at radius 3 is 2.67 bits per heavy atom. The van der Waals surface area contributed by atoms with Crippen LogP contribution in [0.15, 0.2) is 22.9 Å². The quantitative estimate of drug-likeness (QED) is 0.753. The molecule has 24 heavy (non-hydrogen) atoms. The highest BCUT2D eigenvalue weighted by atomic mass is 79.9. The lowest BCUT2D eigenvalue weighted by Gasteiger charge is -2.32. The molecule has 0 saturated carbocycles.